The molecule has 0 bridgehead atoms. The number of alkyl halides is 3. The summed E-state index contributed by atoms with van der Waals surface area (Å²) in [5.74, 6) is -0.423. The number of piperazine rings is 1. The summed E-state index contributed by atoms with van der Waals surface area (Å²) < 4.78 is 41.0. The number of halogens is 3. The Balaban J connectivity index is 1.59. The number of imidazole rings is 1. The van der Waals surface area contributed by atoms with Crippen LogP contribution in [-0.2, 0) is 12.7 Å². The van der Waals surface area contributed by atoms with E-state index in [1.165, 1.54) is 47.2 Å². The van der Waals surface area contributed by atoms with Crippen LogP contribution in [0.3, 0.4) is 0 Å². The standard InChI is InChI=1S/C27H29F3N6O5S/c1-3-4-22-24(18-5-7-19(8-6-18)27(28,29)30)33(14-13-31-22)16-26(2,37)17-34-15-23(36(40)41)32-25(34)42-21-11-9-20(10-12-21)35(38)39/h3-12,15,22,24,31,37H,13-14,16-17H2,1-2H3/t22-,24?,26?/m0/s1. The Labute approximate surface area is 243 Å². The van der Waals surface area contributed by atoms with Crippen LogP contribution >= 0.6 is 11.8 Å². The van der Waals surface area contributed by atoms with Crippen LogP contribution in [0.5, 0.6) is 0 Å². The fraction of sp³-hybridized carbons (Fsp3) is 0.370. The number of nitro groups is 2. The topological polar surface area (TPSA) is 140 Å². The van der Waals surface area contributed by atoms with Crippen molar-refractivity contribution in [3.8, 4) is 0 Å². The van der Waals surface area contributed by atoms with Crippen molar-refractivity contribution >= 4 is 23.3 Å². The second-order valence-corrected chi connectivity index (χ2v) is 11.2. The van der Waals surface area contributed by atoms with Gasteiger partial charge in [0.15, 0.2) is 0 Å². The lowest BCUT2D eigenvalue weighted by molar-refractivity contribution is -0.389. The molecule has 1 aliphatic rings. The van der Waals surface area contributed by atoms with Gasteiger partial charge < -0.3 is 20.5 Å². The van der Waals surface area contributed by atoms with Crippen molar-refractivity contribution in [2.45, 2.75) is 54.3 Å². The number of aliphatic hydroxyl groups is 1. The molecule has 2 unspecified atom stereocenters. The molecule has 2 heterocycles. The quantitative estimate of drug-likeness (QED) is 0.181. The molecule has 0 spiro atoms. The zero-order valence-electron chi connectivity index (χ0n) is 22.7. The molecule has 42 heavy (non-hydrogen) atoms. The molecule has 224 valence electrons. The van der Waals surface area contributed by atoms with Gasteiger partial charge in [-0.05, 0) is 65.3 Å². The highest BCUT2D eigenvalue weighted by atomic mass is 32.2. The van der Waals surface area contributed by atoms with E-state index in [2.05, 4.69) is 10.3 Å². The van der Waals surface area contributed by atoms with E-state index in [0.29, 0.717) is 23.5 Å². The lowest BCUT2D eigenvalue weighted by atomic mass is 9.92. The monoisotopic (exact) mass is 606 g/mol. The van der Waals surface area contributed by atoms with E-state index in [4.69, 9.17) is 0 Å². The minimum absolute atomic E-state index is 0.0822. The number of nitro benzene ring substituents is 1. The molecular formula is C27H29F3N6O5S. The summed E-state index contributed by atoms with van der Waals surface area (Å²) in [7, 11) is 0. The van der Waals surface area contributed by atoms with Gasteiger partial charge in [-0.15, -0.1) is 0 Å². The maximum absolute atomic E-state index is 13.2. The van der Waals surface area contributed by atoms with Gasteiger partial charge in [-0.3, -0.25) is 19.6 Å². The second kappa shape index (κ2) is 12.6. The average molecular weight is 607 g/mol. The second-order valence-electron chi connectivity index (χ2n) is 10.2. The minimum atomic E-state index is -4.47. The maximum Gasteiger partial charge on any atom is 0.416 e. The van der Waals surface area contributed by atoms with Crippen molar-refractivity contribution in [1.29, 1.82) is 0 Å². The molecule has 0 aliphatic carbocycles. The number of nitrogens with zero attached hydrogens (tertiary/aromatic N) is 5. The summed E-state index contributed by atoms with van der Waals surface area (Å²) >= 11 is 1.06. The fourth-order valence-electron chi connectivity index (χ4n) is 4.96. The Hall–Kier alpha value is -3.79. The van der Waals surface area contributed by atoms with E-state index in [1.54, 1.807) is 6.92 Å². The highest BCUT2D eigenvalue weighted by Crippen LogP contribution is 2.35. The molecule has 1 aliphatic heterocycles. The molecule has 0 saturated carbocycles. The van der Waals surface area contributed by atoms with Gasteiger partial charge in [-0.25, -0.2) is 0 Å². The Morgan fingerprint density at radius 2 is 1.76 bits per heavy atom. The number of β-amino-alcohol motifs (C(OH)–C–C–N with tert-alkyl or cyclic N) is 1. The Bertz CT molecular complexity index is 1440. The van der Waals surface area contributed by atoms with Gasteiger partial charge >= 0.3 is 12.0 Å². The fourth-order valence-corrected chi connectivity index (χ4v) is 5.82. The third kappa shape index (κ3) is 7.53. The lowest BCUT2D eigenvalue weighted by Crippen LogP contribution is -2.56. The van der Waals surface area contributed by atoms with E-state index in [0.717, 1.165) is 23.9 Å². The first-order valence-corrected chi connectivity index (χ1v) is 13.7. The lowest BCUT2D eigenvalue weighted by Gasteiger charge is -2.44. The van der Waals surface area contributed by atoms with Crippen molar-refractivity contribution < 1.29 is 28.1 Å². The first-order chi connectivity index (χ1) is 19.8. The zero-order valence-corrected chi connectivity index (χ0v) is 23.5. The Morgan fingerprint density at radius 1 is 1.10 bits per heavy atom. The van der Waals surface area contributed by atoms with Crippen LogP contribution in [0, 0.1) is 20.2 Å². The highest BCUT2D eigenvalue weighted by molar-refractivity contribution is 7.99. The largest absolute Gasteiger partial charge is 0.416 e. The van der Waals surface area contributed by atoms with Gasteiger partial charge in [0.05, 0.1) is 28.7 Å². The molecule has 1 saturated heterocycles. The molecule has 11 nitrogen and oxygen atoms in total. The number of rotatable bonds is 10. The number of nitrogens with one attached hydrogen (secondary N) is 1. The van der Waals surface area contributed by atoms with Crippen LogP contribution in [0.1, 0.15) is 31.0 Å². The normalized spacial score (nSPS) is 19.6. The zero-order chi connectivity index (χ0) is 30.7. The average Bonchev–Trinajstić information content (AvgIpc) is 3.30. The summed E-state index contributed by atoms with van der Waals surface area (Å²) in [5, 5.41) is 37.6. The summed E-state index contributed by atoms with van der Waals surface area (Å²) in [6.07, 6.45) is 0.521. The maximum atomic E-state index is 13.2. The van der Waals surface area contributed by atoms with Crippen LogP contribution in [-0.4, -0.2) is 60.7 Å². The molecule has 1 fully saturated rings. The van der Waals surface area contributed by atoms with Crippen LogP contribution in [0.4, 0.5) is 24.7 Å². The first kappa shape index (κ1) is 31.2. The predicted molar refractivity (Wildman–Crippen MR) is 149 cm³/mol. The van der Waals surface area contributed by atoms with Gasteiger partial charge in [-0.2, -0.15) is 13.2 Å². The molecule has 2 aromatic carbocycles. The van der Waals surface area contributed by atoms with E-state index in [1.807, 2.05) is 24.0 Å². The predicted octanol–water partition coefficient (Wildman–Crippen LogP) is 5.21. The van der Waals surface area contributed by atoms with Crippen molar-refractivity contribution in [3.63, 3.8) is 0 Å². The Morgan fingerprint density at radius 3 is 2.33 bits per heavy atom. The van der Waals surface area contributed by atoms with Gasteiger partial charge in [-0.1, -0.05) is 24.3 Å². The molecule has 2 N–H and O–H groups in total. The third-order valence-electron chi connectivity index (χ3n) is 6.72. The molecule has 15 heteroatoms. The molecule has 4 rings (SSSR count). The molecular weight excluding hydrogens is 577 g/mol. The molecule has 0 radical (unpaired) electrons. The minimum Gasteiger partial charge on any atom is -0.387 e. The van der Waals surface area contributed by atoms with Gasteiger partial charge in [0, 0.05) is 42.7 Å². The molecule has 1 aromatic heterocycles. The first-order valence-electron chi connectivity index (χ1n) is 12.9. The van der Waals surface area contributed by atoms with Crippen molar-refractivity contribution in [1.82, 2.24) is 19.8 Å². The van der Waals surface area contributed by atoms with Crippen LogP contribution in [0.2, 0.25) is 0 Å². The summed E-state index contributed by atoms with van der Waals surface area (Å²) in [6, 6.07) is 9.96. The van der Waals surface area contributed by atoms with E-state index in [-0.39, 0.29) is 30.0 Å². The molecule has 3 atom stereocenters. The van der Waals surface area contributed by atoms with E-state index in [9.17, 15) is 38.5 Å². The van der Waals surface area contributed by atoms with Gasteiger partial charge in [0.1, 0.15) is 6.20 Å². The Kier molecular flexibility index (Phi) is 9.35. The van der Waals surface area contributed by atoms with E-state index >= 15 is 0 Å². The van der Waals surface area contributed by atoms with Crippen molar-refractivity contribution in [2.24, 2.45) is 0 Å². The summed E-state index contributed by atoms with van der Waals surface area (Å²) in [6.45, 7) is 4.50. The van der Waals surface area contributed by atoms with Crippen molar-refractivity contribution in [2.75, 3.05) is 19.6 Å². The summed E-state index contributed by atoms with van der Waals surface area (Å²) in [4.78, 5) is 27.9. The number of benzene rings is 2. The molecule has 3 aromatic rings. The smallest absolute Gasteiger partial charge is 0.387 e. The van der Waals surface area contributed by atoms with Crippen LogP contribution in [0.15, 0.2) is 76.9 Å². The SMILES string of the molecule is CC=C[C@@H]1NCCN(CC(C)(O)Cn2cc([N+](=O)[O-])nc2Sc2ccc([N+](=O)[O-])cc2)C1c1ccc(C(F)(F)F)cc1. The van der Waals surface area contributed by atoms with Gasteiger partial charge in [0.2, 0.25) is 0 Å². The highest BCUT2D eigenvalue weighted by Gasteiger charge is 2.37. The number of hydrogen-bond acceptors (Lipinski definition) is 9. The van der Waals surface area contributed by atoms with Gasteiger partial charge in [0.25, 0.3) is 10.8 Å². The molecule has 0 amide bonds. The van der Waals surface area contributed by atoms with E-state index < -0.39 is 39.0 Å². The number of hydrogen-bond donors (Lipinski definition) is 2. The number of allylic oxidation sites excluding steroid dienone is 1. The van der Waals surface area contributed by atoms with Crippen LogP contribution < -0.4 is 5.32 Å². The summed E-state index contributed by atoms with van der Waals surface area (Å²) in [5.41, 5.74) is -1.66. The van der Waals surface area contributed by atoms with Crippen LogP contribution in [0.25, 0.3) is 0 Å². The number of non-ortho nitro benzene ring substituents is 1. The number of aromatic nitrogens is 2. The third-order valence-corrected chi connectivity index (χ3v) is 7.73. The van der Waals surface area contributed by atoms with Crippen molar-refractivity contribution in [3.05, 3.63) is 98.2 Å².